The minimum absolute atomic E-state index is 0.0462. The van der Waals surface area contributed by atoms with Crippen molar-refractivity contribution in [2.75, 3.05) is 37.3 Å². The highest BCUT2D eigenvalue weighted by molar-refractivity contribution is 7.89. The summed E-state index contributed by atoms with van der Waals surface area (Å²) in [6.07, 6.45) is 1.18. The van der Waals surface area contributed by atoms with Crippen LogP contribution < -0.4 is 4.90 Å². The molecule has 1 fully saturated rings. The van der Waals surface area contributed by atoms with Gasteiger partial charge in [0.05, 0.1) is 10.7 Å². The van der Waals surface area contributed by atoms with Gasteiger partial charge in [0.1, 0.15) is 0 Å². The Morgan fingerprint density at radius 2 is 1.57 bits per heavy atom. The Morgan fingerprint density at radius 1 is 1.00 bits per heavy atom. The van der Waals surface area contributed by atoms with Crippen molar-refractivity contribution in [1.29, 1.82) is 0 Å². The number of amides is 1. The summed E-state index contributed by atoms with van der Waals surface area (Å²) in [6, 6.07) is 13.0. The van der Waals surface area contributed by atoms with E-state index in [4.69, 9.17) is 0 Å². The first kappa shape index (κ1) is 19.8. The van der Waals surface area contributed by atoms with Gasteiger partial charge in [0.25, 0.3) is 11.6 Å². The first-order valence-corrected chi connectivity index (χ1v) is 10.8. The molecule has 0 bridgehead atoms. The number of anilines is 1. The van der Waals surface area contributed by atoms with E-state index >= 15 is 0 Å². The largest absolute Gasteiger partial charge is 0.368 e. The molecule has 1 heterocycles. The lowest BCUT2D eigenvalue weighted by Crippen LogP contribution is -2.48. The Kier molecular flexibility index (Phi) is 5.64. The van der Waals surface area contributed by atoms with Crippen molar-refractivity contribution in [3.05, 3.63) is 69.8 Å². The highest BCUT2D eigenvalue weighted by Gasteiger charge is 2.22. The van der Waals surface area contributed by atoms with Gasteiger partial charge in [0, 0.05) is 55.8 Å². The third-order valence-electron chi connectivity index (χ3n) is 4.62. The van der Waals surface area contributed by atoms with E-state index in [1.165, 1.54) is 18.4 Å². The predicted octanol–water partition coefficient (Wildman–Crippen LogP) is 2.10. The third kappa shape index (κ3) is 4.86. The maximum absolute atomic E-state index is 12.7. The SMILES string of the molecule is CS(=O)(=O)Cc1ccc(C(=O)N2CCN(c3ccc([N+](=O)[O-])cc3)CC2)cc1. The van der Waals surface area contributed by atoms with Crippen LogP contribution >= 0.6 is 0 Å². The standard InChI is InChI=1S/C19H21N3O5S/c1-28(26,27)14-15-2-4-16(5-3-15)19(23)21-12-10-20(11-13-21)17-6-8-18(9-7-17)22(24)25/h2-9H,10-14H2,1H3. The lowest BCUT2D eigenvalue weighted by molar-refractivity contribution is -0.384. The minimum Gasteiger partial charge on any atom is -0.368 e. The van der Waals surface area contributed by atoms with E-state index < -0.39 is 14.8 Å². The van der Waals surface area contributed by atoms with Gasteiger partial charge in [-0.05, 0) is 29.8 Å². The zero-order chi connectivity index (χ0) is 20.3. The molecule has 8 nitrogen and oxygen atoms in total. The van der Waals surface area contributed by atoms with E-state index in [0.717, 1.165) is 5.69 Å². The molecule has 1 aliphatic heterocycles. The van der Waals surface area contributed by atoms with Crippen molar-refractivity contribution in [3.8, 4) is 0 Å². The second-order valence-corrected chi connectivity index (χ2v) is 8.96. The van der Waals surface area contributed by atoms with Gasteiger partial charge in [0.2, 0.25) is 0 Å². The summed E-state index contributed by atoms with van der Waals surface area (Å²) in [5.41, 5.74) is 2.13. The molecular formula is C19H21N3O5S. The molecule has 0 aromatic heterocycles. The second-order valence-electron chi connectivity index (χ2n) is 6.82. The maximum Gasteiger partial charge on any atom is 0.269 e. The summed E-state index contributed by atoms with van der Waals surface area (Å²) in [4.78, 5) is 26.8. The molecule has 0 radical (unpaired) electrons. The van der Waals surface area contributed by atoms with Gasteiger partial charge in [-0.1, -0.05) is 12.1 Å². The van der Waals surface area contributed by atoms with Gasteiger partial charge >= 0.3 is 0 Å². The number of sulfone groups is 1. The van der Waals surface area contributed by atoms with E-state index in [1.54, 1.807) is 41.3 Å². The monoisotopic (exact) mass is 403 g/mol. The molecule has 1 saturated heterocycles. The van der Waals surface area contributed by atoms with Crippen LogP contribution in [0.25, 0.3) is 0 Å². The lowest BCUT2D eigenvalue weighted by atomic mass is 10.1. The topological polar surface area (TPSA) is 101 Å². The fourth-order valence-corrected chi connectivity index (χ4v) is 3.98. The number of nitro groups is 1. The number of benzene rings is 2. The Balaban J connectivity index is 1.59. The van der Waals surface area contributed by atoms with Crippen molar-refractivity contribution in [2.45, 2.75) is 5.75 Å². The molecule has 2 aromatic carbocycles. The van der Waals surface area contributed by atoms with Crippen molar-refractivity contribution >= 4 is 27.1 Å². The molecule has 0 saturated carbocycles. The molecular weight excluding hydrogens is 382 g/mol. The summed E-state index contributed by atoms with van der Waals surface area (Å²) in [5, 5.41) is 10.7. The fourth-order valence-electron chi connectivity index (χ4n) is 3.18. The van der Waals surface area contributed by atoms with Crippen LogP contribution in [0.3, 0.4) is 0 Å². The normalized spacial score (nSPS) is 14.8. The number of nitro benzene ring substituents is 1. The minimum atomic E-state index is -3.11. The zero-order valence-electron chi connectivity index (χ0n) is 15.4. The molecule has 28 heavy (non-hydrogen) atoms. The van der Waals surface area contributed by atoms with Crippen LogP contribution in [0.2, 0.25) is 0 Å². The highest BCUT2D eigenvalue weighted by atomic mass is 32.2. The number of piperazine rings is 1. The molecule has 148 valence electrons. The van der Waals surface area contributed by atoms with Crippen molar-refractivity contribution in [3.63, 3.8) is 0 Å². The fraction of sp³-hybridized carbons (Fsp3) is 0.316. The lowest BCUT2D eigenvalue weighted by Gasteiger charge is -2.36. The molecule has 2 aromatic rings. The Bertz CT molecular complexity index is 964. The average molecular weight is 403 g/mol. The number of hydrogen-bond donors (Lipinski definition) is 0. The van der Waals surface area contributed by atoms with Crippen LogP contribution in [0.4, 0.5) is 11.4 Å². The zero-order valence-corrected chi connectivity index (χ0v) is 16.3. The Hall–Kier alpha value is -2.94. The van der Waals surface area contributed by atoms with Crippen LogP contribution in [0.1, 0.15) is 15.9 Å². The number of carbonyl (C=O) groups is 1. The maximum atomic E-state index is 12.7. The highest BCUT2D eigenvalue weighted by Crippen LogP contribution is 2.21. The molecule has 0 aliphatic carbocycles. The van der Waals surface area contributed by atoms with Crippen LogP contribution in [0.5, 0.6) is 0 Å². The average Bonchev–Trinajstić information content (AvgIpc) is 2.67. The molecule has 3 rings (SSSR count). The quantitative estimate of drug-likeness (QED) is 0.560. The van der Waals surface area contributed by atoms with Gasteiger partial charge < -0.3 is 9.80 Å². The van der Waals surface area contributed by atoms with E-state index in [-0.39, 0.29) is 17.3 Å². The van der Waals surface area contributed by atoms with Crippen molar-refractivity contribution in [1.82, 2.24) is 4.90 Å². The molecule has 0 unspecified atom stereocenters. The number of hydrogen-bond acceptors (Lipinski definition) is 6. The van der Waals surface area contributed by atoms with Gasteiger partial charge in [-0.2, -0.15) is 0 Å². The molecule has 0 N–H and O–H groups in total. The Labute approximate surface area is 163 Å². The third-order valence-corrected chi connectivity index (χ3v) is 5.48. The molecule has 1 amide bonds. The molecule has 0 atom stereocenters. The summed E-state index contributed by atoms with van der Waals surface area (Å²) < 4.78 is 22.7. The Morgan fingerprint density at radius 3 is 2.07 bits per heavy atom. The first-order valence-electron chi connectivity index (χ1n) is 8.78. The van der Waals surface area contributed by atoms with Crippen molar-refractivity contribution < 1.29 is 18.1 Å². The van der Waals surface area contributed by atoms with Crippen LogP contribution in [0, 0.1) is 10.1 Å². The summed E-state index contributed by atoms with van der Waals surface area (Å²) >= 11 is 0. The molecule has 1 aliphatic rings. The second kappa shape index (κ2) is 7.97. The summed E-state index contributed by atoms with van der Waals surface area (Å²) in [5.74, 6) is -0.135. The summed E-state index contributed by atoms with van der Waals surface area (Å²) in [6.45, 7) is 2.35. The number of carbonyl (C=O) groups excluding carboxylic acids is 1. The van der Waals surface area contributed by atoms with E-state index in [0.29, 0.717) is 37.3 Å². The summed E-state index contributed by atoms with van der Waals surface area (Å²) in [7, 11) is -3.11. The van der Waals surface area contributed by atoms with Gasteiger partial charge in [-0.3, -0.25) is 14.9 Å². The van der Waals surface area contributed by atoms with Crippen LogP contribution in [0.15, 0.2) is 48.5 Å². The van der Waals surface area contributed by atoms with Gasteiger partial charge in [-0.25, -0.2) is 8.42 Å². The van der Waals surface area contributed by atoms with E-state index in [1.807, 2.05) is 0 Å². The van der Waals surface area contributed by atoms with Crippen molar-refractivity contribution in [2.24, 2.45) is 0 Å². The number of non-ortho nitro benzene ring substituents is 1. The predicted molar refractivity (Wildman–Crippen MR) is 106 cm³/mol. The van der Waals surface area contributed by atoms with Gasteiger partial charge in [0.15, 0.2) is 9.84 Å². The van der Waals surface area contributed by atoms with E-state index in [2.05, 4.69) is 4.90 Å². The van der Waals surface area contributed by atoms with Crippen LogP contribution in [-0.4, -0.2) is 56.6 Å². The number of rotatable bonds is 5. The smallest absolute Gasteiger partial charge is 0.269 e. The first-order chi connectivity index (χ1) is 13.2. The van der Waals surface area contributed by atoms with E-state index in [9.17, 15) is 23.3 Å². The molecule has 9 heteroatoms. The number of nitrogens with zero attached hydrogens (tertiary/aromatic N) is 3. The molecule has 0 spiro atoms. The van der Waals surface area contributed by atoms with Crippen LogP contribution in [-0.2, 0) is 15.6 Å². The van der Waals surface area contributed by atoms with Gasteiger partial charge in [-0.15, -0.1) is 0 Å².